The maximum absolute atomic E-state index is 13.9. The average molecular weight is 461 g/mol. The summed E-state index contributed by atoms with van der Waals surface area (Å²) in [5.74, 6) is -0.698. The van der Waals surface area contributed by atoms with Crippen molar-refractivity contribution in [1.29, 1.82) is 0 Å². The van der Waals surface area contributed by atoms with Crippen LogP contribution < -0.4 is 10.6 Å². The van der Waals surface area contributed by atoms with Gasteiger partial charge in [-0.3, -0.25) is 9.78 Å². The van der Waals surface area contributed by atoms with Crippen LogP contribution in [-0.4, -0.2) is 28.4 Å². The smallest absolute Gasteiger partial charge is 0.318 e. The van der Waals surface area contributed by atoms with E-state index in [2.05, 4.69) is 15.6 Å². The lowest BCUT2D eigenvalue weighted by Gasteiger charge is -2.39. The Morgan fingerprint density at radius 1 is 1.00 bits per heavy atom. The summed E-state index contributed by atoms with van der Waals surface area (Å²) in [6.45, 7) is 2.74. The lowest BCUT2D eigenvalue weighted by molar-refractivity contribution is -0.127. The van der Waals surface area contributed by atoms with Crippen LogP contribution >= 0.6 is 0 Å². The highest BCUT2D eigenvalue weighted by Gasteiger charge is 2.35. The molecule has 1 aliphatic rings. The van der Waals surface area contributed by atoms with Gasteiger partial charge in [-0.25, -0.2) is 9.18 Å². The minimum absolute atomic E-state index is 0.0970. The molecule has 0 spiro atoms. The van der Waals surface area contributed by atoms with E-state index in [1.807, 2.05) is 48.5 Å². The topological polar surface area (TPSA) is 74.3 Å². The SMILES string of the molecule is Cc1cc([C@H]2CC[C@H](C(=O)NCc3ccccn3)CN2C(=O)NCc2ccccc2)ccc1F. The predicted molar refractivity (Wildman–Crippen MR) is 128 cm³/mol. The van der Waals surface area contributed by atoms with Gasteiger partial charge in [-0.05, 0) is 54.7 Å². The summed E-state index contributed by atoms with van der Waals surface area (Å²) < 4.78 is 13.9. The van der Waals surface area contributed by atoms with E-state index in [0.29, 0.717) is 31.5 Å². The van der Waals surface area contributed by atoms with Crippen LogP contribution in [0.1, 0.15) is 41.3 Å². The van der Waals surface area contributed by atoms with Gasteiger partial charge in [0.1, 0.15) is 5.82 Å². The molecule has 1 aliphatic heterocycles. The van der Waals surface area contributed by atoms with Crippen molar-refractivity contribution in [3.8, 4) is 0 Å². The van der Waals surface area contributed by atoms with Crippen molar-refractivity contribution in [2.24, 2.45) is 5.92 Å². The van der Waals surface area contributed by atoms with Crippen LogP contribution in [0, 0.1) is 18.7 Å². The van der Waals surface area contributed by atoms with Gasteiger partial charge in [-0.1, -0.05) is 48.5 Å². The Labute approximate surface area is 199 Å². The Balaban J connectivity index is 1.47. The first-order valence-corrected chi connectivity index (χ1v) is 11.5. The molecule has 176 valence electrons. The van der Waals surface area contributed by atoms with Gasteiger partial charge < -0.3 is 15.5 Å². The number of hydrogen-bond donors (Lipinski definition) is 2. The van der Waals surface area contributed by atoms with Gasteiger partial charge >= 0.3 is 6.03 Å². The number of nitrogens with zero attached hydrogens (tertiary/aromatic N) is 2. The molecule has 3 aromatic rings. The van der Waals surface area contributed by atoms with Crippen molar-refractivity contribution in [3.63, 3.8) is 0 Å². The molecule has 0 aliphatic carbocycles. The number of carbonyl (C=O) groups excluding carboxylic acids is 2. The monoisotopic (exact) mass is 460 g/mol. The fourth-order valence-corrected chi connectivity index (χ4v) is 4.33. The quantitative estimate of drug-likeness (QED) is 0.569. The van der Waals surface area contributed by atoms with E-state index < -0.39 is 0 Å². The minimum Gasteiger partial charge on any atom is -0.350 e. The highest BCUT2D eigenvalue weighted by atomic mass is 19.1. The lowest BCUT2D eigenvalue weighted by Crippen LogP contribution is -2.50. The molecule has 7 heteroatoms. The molecule has 2 atom stereocenters. The number of halogens is 1. The maximum Gasteiger partial charge on any atom is 0.318 e. The standard InChI is InChI=1S/C27H29FN4O2/c1-19-15-21(10-12-24(19)28)25-13-11-22(26(33)30-17-23-9-5-6-14-29-23)18-32(25)27(34)31-16-20-7-3-2-4-8-20/h2-10,12,14-15,22,25H,11,13,16-18H2,1H3,(H,30,33)(H,31,34)/t22-,25+/m0/s1. The second-order valence-corrected chi connectivity index (χ2v) is 8.63. The summed E-state index contributed by atoms with van der Waals surface area (Å²) >= 11 is 0. The van der Waals surface area contributed by atoms with Crippen molar-refractivity contribution in [1.82, 2.24) is 20.5 Å². The summed E-state index contributed by atoms with van der Waals surface area (Å²) in [5.41, 5.74) is 3.19. The maximum atomic E-state index is 13.9. The molecule has 0 bridgehead atoms. The van der Waals surface area contributed by atoms with Crippen LogP contribution in [0.2, 0.25) is 0 Å². The zero-order valence-corrected chi connectivity index (χ0v) is 19.2. The lowest BCUT2D eigenvalue weighted by atomic mass is 9.88. The van der Waals surface area contributed by atoms with Crippen molar-refractivity contribution in [2.45, 2.75) is 38.9 Å². The normalized spacial score (nSPS) is 17.8. The first-order valence-electron chi connectivity index (χ1n) is 11.5. The van der Waals surface area contributed by atoms with Crippen molar-refractivity contribution in [3.05, 3.63) is 101 Å². The fraction of sp³-hybridized carbons (Fsp3) is 0.296. The summed E-state index contributed by atoms with van der Waals surface area (Å²) in [4.78, 5) is 32.1. The van der Waals surface area contributed by atoms with Crippen LogP contribution in [0.3, 0.4) is 0 Å². The number of hydrogen-bond acceptors (Lipinski definition) is 3. The number of amides is 3. The van der Waals surface area contributed by atoms with Crippen LogP contribution in [0.15, 0.2) is 72.9 Å². The Morgan fingerprint density at radius 2 is 1.79 bits per heavy atom. The Hall–Kier alpha value is -3.74. The molecule has 1 saturated heterocycles. The van der Waals surface area contributed by atoms with Gasteiger partial charge in [-0.15, -0.1) is 0 Å². The number of likely N-dealkylation sites (tertiary alicyclic amines) is 1. The van der Waals surface area contributed by atoms with E-state index in [0.717, 1.165) is 16.8 Å². The minimum atomic E-state index is -0.330. The second kappa shape index (κ2) is 10.9. The number of aryl methyl sites for hydroxylation is 1. The van der Waals surface area contributed by atoms with Gasteiger partial charge in [0.2, 0.25) is 5.91 Å². The van der Waals surface area contributed by atoms with Gasteiger partial charge in [0.25, 0.3) is 0 Å². The molecular formula is C27H29FN4O2. The van der Waals surface area contributed by atoms with Crippen molar-refractivity contribution < 1.29 is 14.0 Å². The zero-order valence-electron chi connectivity index (χ0n) is 19.2. The number of rotatable bonds is 6. The number of nitrogens with one attached hydrogen (secondary N) is 2. The van der Waals surface area contributed by atoms with Crippen LogP contribution in [-0.2, 0) is 17.9 Å². The van der Waals surface area contributed by atoms with Crippen molar-refractivity contribution >= 4 is 11.9 Å². The third-order valence-electron chi connectivity index (χ3n) is 6.24. The van der Waals surface area contributed by atoms with E-state index in [4.69, 9.17) is 0 Å². The van der Waals surface area contributed by atoms with Crippen LogP contribution in [0.25, 0.3) is 0 Å². The van der Waals surface area contributed by atoms with E-state index >= 15 is 0 Å². The Morgan fingerprint density at radius 3 is 2.53 bits per heavy atom. The molecule has 2 N–H and O–H groups in total. The van der Waals surface area contributed by atoms with Gasteiger partial charge in [0, 0.05) is 19.3 Å². The van der Waals surface area contributed by atoms with E-state index in [1.54, 1.807) is 30.2 Å². The predicted octanol–water partition coefficient (Wildman–Crippen LogP) is 4.51. The highest BCUT2D eigenvalue weighted by molar-refractivity contribution is 5.81. The molecule has 34 heavy (non-hydrogen) atoms. The molecule has 0 unspecified atom stereocenters. The largest absolute Gasteiger partial charge is 0.350 e. The van der Waals surface area contributed by atoms with Gasteiger partial charge in [0.15, 0.2) is 0 Å². The molecular weight excluding hydrogens is 431 g/mol. The van der Waals surface area contributed by atoms with Gasteiger partial charge in [-0.2, -0.15) is 0 Å². The number of benzene rings is 2. The van der Waals surface area contributed by atoms with E-state index in [1.165, 1.54) is 6.07 Å². The molecule has 1 fully saturated rings. The van der Waals surface area contributed by atoms with E-state index in [-0.39, 0.29) is 36.3 Å². The summed E-state index contributed by atoms with van der Waals surface area (Å²) in [6, 6.07) is 19.7. The van der Waals surface area contributed by atoms with Crippen LogP contribution in [0.4, 0.5) is 9.18 Å². The molecule has 2 aromatic carbocycles. The summed E-state index contributed by atoms with van der Waals surface area (Å²) in [5, 5.41) is 5.93. The molecule has 6 nitrogen and oxygen atoms in total. The first kappa shape index (κ1) is 23.4. The zero-order chi connectivity index (χ0) is 23.9. The molecule has 2 heterocycles. The average Bonchev–Trinajstić information content (AvgIpc) is 2.88. The number of urea groups is 1. The molecule has 4 rings (SSSR count). The number of pyridine rings is 1. The third-order valence-corrected chi connectivity index (χ3v) is 6.24. The highest BCUT2D eigenvalue weighted by Crippen LogP contribution is 2.34. The Kier molecular flexibility index (Phi) is 7.52. The van der Waals surface area contributed by atoms with Crippen molar-refractivity contribution in [2.75, 3.05) is 6.54 Å². The number of aromatic nitrogens is 1. The third kappa shape index (κ3) is 5.78. The van der Waals surface area contributed by atoms with E-state index in [9.17, 15) is 14.0 Å². The summed E-state index contributed by atoms with van der Waals surface area (Å²) in [7, 11) is 0. The second-order valence-electron chi connectivity index (χ2n) is 8.63. The number of piperidine rings is 1. The molecule has 1 aromatic heterocycles. The fourth-order valence-electron chi connectivity index (χ4n) is 4.33. The van der Waals surface area contributed by atoms with Gasteiger partial charge in [0.05, 0.1) is 24.2 Å². The first-order chi connectivity index (χ1) is 16.5. The van der Waals surface area contributed by atoms with Crippen LogP contribution in [0.5, 0.6) is 0 Å². The number of carbonyl (C=O) groups is 2. The molecule has 0 radical (unpaired) electrons. The Bertz CT molecular complexity index is 1120. The molecule has 3 amide bonds. The molecule has 0 saturated carbocycles. The summed E-state index contributed by atoms with van der Waals surface area (Å²) in [6.07, 6.45) is 2.94.